The number of hydrogen-bond donors (Lipinski definition) is 2. The zero-order valence-electron chi connectivity index (χ0n) is 14.0. The average molecular weight is 374 g/mol. The molecule has 3 rings (SSSR count). The summed E-state index contributed by atoms with van der Waals surface area (Å²) >= 11 is 5.13. The maximum absolute atomic E-state index is 12.9. The third-order valence-corrected chi connectivity index (χ3v) is 4.11. The maximum atomic E-state index is 12.9. The van der Waals surface area contributed by atoms with Gasteiger partial charge >= 0.3 is 0 Å². The van der Waals surface area contributed by atoms with Crippen molar-refractivity contribution < 1.29 is 18.7 Å². The van der Waals surface area contributed by atoms with Gasteiger partial charge in [-0.05, 0) is 73.6 Å². The maximum Gasteiger partial charge on any atom is 0.257 e. The number of ether oxygens (including phenoxy) is 2. The summed E-state index contributed by atoms with van der Waals surface area (Å²) in [6.45, 7) is 1.34. The molecule has 2 aromatic rings. The van der Waals surface area contributed by atoms with E-state index in [-0.39, 0.29) is 11.2 Å². The van der Waals surface area contributed by atoms with E-state index in [4.69, 9.17) is 21.7 Å². The molecular formula is C19H19FN2O3S. The smallest absolute Gasteiger partial charge is 0.257 e. The van der Waals surface area contributed by atoms with Gasteiger partial charge in [-0.1, -0.05) is 0 Å². The van der Waals surface area contributed by atoms with Gasteiger partial charge in [0.05, 0.1) is 6.10 Å². The molecule has 26 heavy (non-hydrogen) atoms. The monoisotopic (exact) mass is 374 g/mol. The van der Waals surface area contributed by atoms with Crippen LogP contribution in [0.25, 0.3) is 0 Å². The first-order valence-corrected chi connectivity index (χ1v) is 8.73. The molecule has 1 atom stereocenters. The Labute approximate surface area is 156 Å². The van der Waals surface area contributed by atoms with Gasteiger partial charge in [-0.3, -0.25) is 10.1 Å². The van der Waals surface area contributed by atoms with Gasteiger partial charge in [0.2, 0.25) is 0 Å². The van der Waals surface area contributed by atoms with Crippen LogP contribution in [0.1, 0.15) is 23.2 Å². The van der Waals surface area contributed by atoms with Crippen molar-refractivity contribution in [3.05, 3.63) is 59.9 Å². The highest BCUT2D eigenvalue weighted by Crippen LogP contribution is 2.18. The normalized spacial score (nSPS) is 16.1. The van der Waals surface area contributed by atoms with Crippen LogP contribution in [0.2, 0.25) is 0 Å². The van der Waals surface area contributed by atoms with Crippen LogP contribution in [0.4, 0.5) is 10.1 Å². The van der Waals surface area contributed by atoms with Gasteiger partial charge in [0.25, 0.3) is 5.91 Å². The van der Waals surface area contributed by atoms with Gasteiger partial charge in [-0.15, -0.1) is 0 Å². The Hall–Kier alpha value is -2.51. The molecule has 0 aromatic heterocycles. The van der Waals surface area contributed by atoms with Crippen LogP contribution in [0.3, 0.4) is 0 Å². The lowest BCUT2D eigenvalue weighted by atomic mass is 10.2. The molecule has 1 fully saturated rings. The standard InChI is InChI=1S/C19H19FN2O3S/c20-14-5-3-13(4-6-14)18(23)22-19(26)21-15-7-9-16(10-8-15)25-12-17-2-1-11-24-17/h3-10,17H,1-2,11-12H2,(H2,21,22,23,26)/t17-/m0/s1. The summed E-state index contributed by atoms with van der Waals surface area (Å²) in [7, 11) is 0. The Balaban J connectivity index is 1.47. The fourth-order valence-electron chi connectivity index (χ4n) is 2.54. The van der Waals surface area contributed by atoms with Crippen molar-refractivity contribution in [2.75, 3.05) is 18.5 Å². The first-order valence-electron chi connectivity index (χ1n) is 8.32. The van der Waals surface area contributed by atoms with Crippen LogP contribution >= 0.6 is 12.2 Å². The van der Waals surface area contributed by atoms with E-state index in [1.54, 1.807) is 12.1 Å². The molecule has 1 saturated heterocycles. The average Bonchev–Trinajstić information content (AvgIpc) is 3.15. The molecule has 2 N–H and O–H groups in total. The SMILES string of the molecule is O=C(NC(=S)Nc1ccc(OC[C@@H]2CCCO2)cc1)c1ccc(F)cc1. The summed E-state index contributed by atoms with van der Waals surface area (Å²) in [5.74, 6) is -0.0598. The molecule has 0 radical (unpaired) electrons. The van der Waals surface area contributed by atoms with Crippen molar-refractivity contribution >= 4 is 28.9 Å². The van der Waals surface area contributed by atoms with Crippen molar-refractivity contribution in [2.24, 2.45) is 0 Å². The Kier molecular flexibility index (Phi) is 6.14. The minimum atomic E-state index is -0.404. The molecule has 0 aliphatic carbocycles. The second-order valence-corrected chi connectivity index (χ2v) is 6.29. The summed E-state index contributed by atoms with van der Waals surface area (Å²) < 4.78 is 24.1. The molecule has 1 amide bonds. The lowest BCUT2D eigenvalue weighted by molar-refractivity contribution is 0.0679. The summed E-state index contributed by atoms with van der Waals surface area (Å²) in [6, 6.07) is 12.5. The molecule has 0 bridgehead atoms. The van der Waals surface area contributed by atoms with Gasteiger partial charge in [0, 0.05) is 17.9 Å². The van der Waals surface area contributed by atoms with Gasteiger partial charge in [0.15, 0.2) is 5.11 Å². The van der Waals surface area contributed by atoms with E-state index in [1.165, 1.54) is 24.3 Å². The molecule has 2 aromatic carbocycles. The second kappa shape index (κ2) is 8.73. The van der Waals surface area contributed by atoms with E-state index in [0.29, 0.717) is 12.2 Å². The Morgan fingerprint density at radius 1 is 1.19 bits per heavy atom. The molecule has 136 valence electrons. The Bertz CT molecular complexity index is 759. The third kappa shape index (κ3) is 5.24. The number of rotatable bonds is 5. The van der Waals surface area contributed by atoms with E-state index < -0.39 is 11.7 Å². The number of carbonyl (C=O) groups is 1. The first kappa shape index (κ1) is 18.3. The van der Waals surface area contributed by atoms with E-state index in [1.807, 2.05) is 12.1 Å². The lowest BCUT2D eigenvalue weighted by Gasteiger charge is -2.13. The zero-order chi connectivity index (χ0) is 18.4. The molecule has 7 heteroatoms. The molecule has 5 nitrogen and oxygen atoms in total. The van der Waals surface area contributed by atoms with E-state index in [2.05, 4.69) is 10.6 Å². The number of amides is 1. The van der Waals surface area contributed by atoms with Gasteiger partial charge in [-0.2, -0.15) is 0 Å². The van der Waals surface area contributed by atoms with Gasteiger partial charge in [0.1, 0.15) is 18.2 Å². The number of anilines is 1. The number of nitrogens with one attached hydrogen (secondary N) is 2. The Morgan fingerprint density at radius 2 is 1.92 bits per heavy atom. The highest BCUT2D eigenvalue weighted by Gasteiger charge is 2.16. The fraction of sp³-hybridized carbons (Fsp3) is 0.263. The molecule has 0 unspecified atom stereocenters. The topological polar surface area (TPSA) is 59.6 Å². The Morgan fingerprint density at radius 3 is 2.58 bits per heavy atom. The van der Waals surface area contributed by atoms with E-state index in [9.17, 15) is 9.18 Å². The largest absolute Gasteiger partial charge is 0.491 e. The lowest BCUT2D eigenvalue weighted by Crippen LogP contribution is -2.34. The second-order valence-electron chi connectivity index (χ2n) is 5.89. The molecular weight excluding hydrogens is 355 g/mol. The summed E-state index contributed by atoms with van der Waals surface area (Å²) in [5, 5.41) is 5.64. The first-order chi connectivity index (χ1) is 12.6. The zero-order valence-corrected chi connectivity index (χ0v) is 14.9. The molecule has 0 saturated carbocycles. The van der Waals surface area contributed by atoms with E-state index >= 15 is 0 Å². The minimum Gasteiger partial charge on any atom is -0.491 e. The number of hydrogen-bond acceptors (Lipinski definition) is 4. The van der Waals surface area contributed by atoms with Gasteiger partial charge in [-0.25, -0.2) is 4.39 Å². The molecule has 1 aliphatic heterocycles. The number of carbonyl (C=O) groups excluding carboxylic acids is 1. The highest BCUT2D eigenvalue weighted by molar-refractivity contribution is 7.80. The highest BCUT2D eigenvalue weighted by atomic mass is 32.1. The number of benzene rings is 2. The molecule has 1 aliphatic rings. The molecule has 1 heterocycles. The predicted molar refractivity (Wildman–Crippen MR) is 101 cm³/mol. The van der Waals surface area contributed by atoms with Crippen LogP contribution in [-0.4, -0.2) is 30.3 Å². The number of halogens is 1. The quantitative estimate of drug-likeness (QED) is 0.785. The van der Waals surface area contributed by atoms with Crippen molar-refractivity contribution in [2.45, 2.75) is 18.9 Å². The van der Waals surface area contributed by atoms with Crippen LogP contribution in [0, 0.1) is 5.82 Å². The summed E-state index contributed by atoms with van der Waals surface area (Å²) in [6.07, 6.45) is 2.28. The van der Waals surface area contributed by atoms with Gasteiger partial charge < -0.3 is 14.8 Å². The van der Waals surface area contributed by atoms with Crippen molar-refractivity contribution in [3.8, 4) is 5.75 Å². The fourth-order valence-corrected chi connectivity index (χ4v) is 2.75. The van der Waals surface area contributed by atoms with E-state index in [0.717, 1.165) is 30.9 Å². The van der Waals surface area contributed by atoms with Crippen LogP contribution in [0.5, 0.6) is 5.75 Å². The van der Waals surface area contributed by atoms with Crippen LogP contribution < -0.4 is 15.4 Å². The van der Waals surface area contributed by atoms with Crippen LogP contribution in [-0.2, 0) is 4.74 Å². The predicted octanol–water partition coefficient (Wildman–Crippen LogP) is 3.51. The third-order valence-electron chi connectivity index (χ3n) is 3.91. The van der Waals surface area contributed by atoms with Crippen molar-refractivity contribution in [1.29, 1.82) is 0 Å². The summed E-state index contributed by atoms with van der Waals surface area (Å²) in [5.41, 5.74) is 1.05. The van der Waals surface area contributed by atoms with Crippen molar-refractivity contribution in [1.82, 2.24) is 5.32 Å². The van der Waals surface area contributed by atoms with Crippen molar-refractivity contribution in [3.63, 3.8) is 0 Å². The minimum absolute atomic E-state index is 0.160. The van der Waals surface area contributed by atoms with Crippen LogP contribution in [0.15, 0.2) is 48.5 Å². The summed E-state index contributed by atoms with van der Waals surface area (Å²) in [4.78, 5) is 12.0. The number of thiocarbonyl (C=S) groups is 1. The molecule has 0 spiro atoms.